The number of fused-ring (bicyclic) bond motifs is 1. The summed E-state index contributed by atoms with van der Waals surface area (Å²) in [6.45, 7) is 0. The Morgan fingerprint density at radius 1 is 1.00 bits per heavy atom. The molecule has 0 radical (unpaired) electrons. The standard InChI is InChI=1S/C23H19F2NO3/c24-19-6-3-5-18(21(19)25)17-4-1-2-7-20(17)29-16-9-8-14-10-11-23(26,22(27)28)13-15(14)12-16/h1-9,12H,10-11,13,26H2,(H,27,28). The summed E-state index contributed by atoms with van der Waals surface area (Å²) in [4.78, 5) is 11.5. The zero-order valence-electron chi connectivity index (χ0n) is 15.5. The van der Waals surface area contributed by atoms with Gasteiger partial charge in [-0.05, 0) is 48.2 Å². The lowest BCUT2D eigenvalue weighted by Gasteiger charge is -2.31. The Morgan fingerprint density at radius 2 is 1.76 bits per heavy atom. The van der Waals surface area contributed by atoms with Crippen LogP contribution < -0.4 is 10.5 Å². The predicted molar refractivity (Wildman–Crippen MR) is 105 cm³/mol. The Kier molecular flexibility index (Phi) is 4.80. The monoisotopic (exact) mass is 395 g/mol. The summed E-state index contributed by atoms with van der Waals surface area (Å²) in [5.41, 5.74) is 7.10. The number of halogens is 2. The SMILES string of the molecule is NC1(C(=O)O)CCc2ccc(Oc3ccccc3-c3cccc(F)c3F)cc2C1. The number of carboxylic acids is 1. The second kappa shape index (κ2) is 7.29. The molecule has 3 aromatic rings. The van der Waals surface area contributed by atoms with E-state index in [1.165, 1.54) is 12.1 Å². The van der Waals surface area contributed by atoms with E-state index in [-0.39, 0.29) is 12.0 Å². The minimum absolute atomic E-state index is 0.102. The van der Waals surface area contributed by atoms with Gasteiger partial charge in [-0.25, -0.2) is 8.78 Å². The van der Waals surface area contributed by atoms with Gasteiger partial charge in [-0.3, -0.25) is 4.79 Å². The van der Waals surface area contributed by atoms with E-state index in [0.29, 0.717) is 29.9 Å². The number of hydrogen-bond donors (Lipinski definition) is 2. The Hall–Kier alpha value is -3.25. The molecule has 0 heterocycles. The number of carboxylic acid groups (broad SMARTS) is 1. The fourth-order valence-electron chi connectivity index (χ4n) is 3.66. The molecule has 1 unspecified atom stereocenters. The molecule has 0 aromatic heterocycles. The predicted octanol–water partition coefficient (Wildman–Crippen LogP) is 4.69. The van der Waals surface area contributed by atoms with Gasteiger partial charge in [-0.15, -0.1) is 0 Å². The van der Waals surface area contributed by atoms with Crippen molar-refractivity contribution in [2.24, 2.45) is 5.73 Å². The summed E-state index contributed by atoms with van der Waals surface area (Å²) < 4.78 is 33.9. The van der Waals surface area contributed by atoms with Gasteiger partial charge < -0.3 is 15.6 Å². The number of hydrogen-bond acceptors (Lipinski definition) is 3. The largest absolute Gasteiger partial charge is 0.480 e. The molecule has 0 saturated carbocycles. The van der Waals surface area contributed by atoms with E-state index in [4.69, 9.17) is 10.5 Å². The molecule has 3 N–H and O–H groups in total. The Balaban J connectivity index is 1.68. The molecule has 0 aliphatic heterocycles. The van der Waals surface area contributed by atoms with Gasteiger partial charge in [0.1, 0.15) is 17.0 Å². The number of ether oxygens (including phenoxy) is 1. The number of benzene rings is 3. The van der Waals surface area contributed by atoms with Crippen molar-refractivity contribution >= 4 is 5.97 Å². The minimum Gasteiger partial charge on any atom is -0.480 e. The molecule has 3 aromatic carbocycles. The first kappa shape index (κ1) is 19.1. The van der Waals surface area contributed by atoms with Gasteiger partial charge in [-0.1, -0.05) is 36.4 Å². The van der Waals surface area contributed by atoms with Crippen LogP contribution >= 0.6 is 0 Å². The highest BCUT2D eigenvalue weighted by Gasteiger charge is 2.37. The molecule has 0 bridgehead atoms. The van der Waals surface area contributed by atoms with Crippen molar-refractivity contribution in [3.05, 3.63) is 83.4 Å². The number of nitrogens with two attached hydrogens (primary N) is 1. The van der Waals surface area contributed by atoms with Crippen molar-refractivity contribution in [2.45, 2.75) is 24.8 Å². The van der Waals surface area contributed by atoms with E-state index in [9.17, 15) is 18.7 Å². The van der Waals surface area contributed by atoms with Crippen molar-refractivity contribution in [3.63, 3.8) is 0 Å². The van der Waals surface area contributed by atoms with Gasteiger partial charge in [0.25, 0.3) is 0 Å². The Bertz CT molecular complexity index is 1100. The maximum atomic E-state index is 14.3. The Labute approximate surface area is 166 Å². The van der Waals surface area contributed by atoms with Crippen LogP contribution in [0.4, 0.5) is 8.78 Å². The van der Waals surface area contributed by atoms with Gasteiger partial charge >= 0.3 is 5.97 Å². The highest BCUT2D eigenvalue weighted by molar-refractivity contribution is 5.79. The number of rotatable bonds is 4. The van der Waals surface area contributed by atoms with Crippen molar-refractivity contribution in [3.8, 4) is 22.6 Å². The second-order valence-electron chi connectivity index (χ2n) is 7.27. The van der Waals surface area contributed by atoms with Gasteiger partial charge in [0.05, 0.1) is 0 Å². The first-order chi connectivity index (χ1) is 13.9. The van der Waals surface area contributed by atoms with E-state index in [1.807, 2.05) is 6.07 Å². The lowest BCUT2D eigenvalue weighted by Crippen LogP contribution is -2.52. The minimum atomic E-state index is -1.30. The number of para-hydroxylation sites is 1. The summed E-state index contributed by atoms with van der Waals surface area (Å²) in [5.74, 6) is -2.06. The van der Waals surface area contributed by atoms with Crippen LogP contribution in [0.5, 0.6) is 11.5 Å². The molecular weight excluding hydrogens is 376 g/mol. The number of aryl methyl sites for hydroxylation is 1. The van der Waals surface area contributed by atoms with Crippen LogP contribution in [0.15, 0.2) is 60.7 Å². The van der Waals surface area contributed by atoms with E-state index < -0.39 is 23.1 Å². The molecule has 0 fully saturated rings. The van der Waals surface area contributed by atoms with Crippen molar-refractivity contribution in [2.75, 3.05) is 0 Å². The van der Waals surface area contributed by atoms with Gasteiger partial charge in [0.15, 0.2) is 11.6 Å². The summed E-state index contributed by atoms with van der Waals surface area (Å²) in [7, 11) is 0. The molecule has 4 nitrogen and oxygen atoms in total. The molecular formula is C23H19F2NO3. The zero-order chi connectivity index (χ0) is 20.6. The topological polar surface area (TPSA) is 72.6 Å². The van der Waals surface area contributed by atoms with Crippen LogP contribution in [0.2, 0.25) is 0 Å². The molecule has 0 saturated heterocycles. The lowest BCUT2D eigenvalue weighted by molar-refractivity contribution is -0.143. The van der Waals surface area contributed by atoms with Crippen LogP contribution in [0.25, 0.3) is 11.1 Å². The van der Waals surface area contributed by atoms with Crippen molar-refractivity contribution < 1.29 is 23.4 Å². The average molecular weight is 395 g/mol. The summed E-state index contributed by atoms with van der Waals surface area (Å²) >= 11 is 0. The van der Waals surface area contributed by atoms with Gasteiger partial charge in [0.2, 0.25) is 0 Å². The molecule has 148 valence electrons. The summed E-state index contributed by atoms with van der Waals surface area (Å²) in [6, 6.07) is 16.2. The summed E-state index contributed by atoms with van der Waals surface area (Å²) in [6.07, 6.45) is 1.15. The van der Waals surface area contributed by atoms with E-state index in [0.717, 1.165) is 17.2 Å². The smallest absolute Gasteiger partial charge is 0.324 e. The molecule has 6 heteroatoms. The molecule has 29 heavy (non-hydrogen) atoms. The highest BCUT2D eigenvalue weighted by atomic mass is 19.2. The quantitative estimate of drug-likeness (QED) is 0.672. The van der Waals surface area contributed by atoms with Crippen molar-refractivity contribution in [1.29, 1.82) is 0 Å². The van der Waals surface area contributed by atoms with Crippen molar-refractivity contribution in [1.82, 2.24) is 0 Å². The van der Waals surface area contributed by atoms with Gasteiger partial charge in [-0.2, -0.15) is 0 Å². The van der Waals surface area contributed by atoms with Gasteiger partial charge in [0, 0.05) is 17.5 Å². The fraction of sp³-hybridized carbons (Fsp3) is 0.174. The molecule has 1 aliphatic rings. The second-order valence-corrected chi connectivity index (χ2v) is 7.27. The van der Waals surface area contributed by atoms with Crippen LogP contribution in [-0.4, -0.2) is 16.6 Å². The average Bonchev–Trinajstić information content (AvgIpc) is 2.70. The highest BCUT2D eigenvalue weighted by Crippen LogP contribution is 2.37. The lowest BCUT2D eigenvalue weighted by atomic mass is 9.78. The van der Waals surface area contributed by atoms with Crippen LogP contribution in [0, 0.1) is 11.6 Å². The fourth-order valence-corrected chi connectivity index (χ4v) is 3.66. The molecule has 1 aliphatic carbocycles. The van der Waals surface area contributed by atoms with E-state index in [1.54, 1.807) is 36.4 Å². The third-order valence-electron chi connectivity index (χ3n) is 5.31. The first-order valence-corrected chi connectivity index (χ1v) is 9.23. The van der Waals surface area contributed by atoms with Crippen LogP contribution in [0.1, 0.15) is 17.5 Å². The zero-order valence-corrected chi connectivity index (χ0v) is 15.5. The van der Waals surface area contributed by atoms with E-state index in [2.05, 4.69) is 0 Å². The molecule has 1 atom stereocenters. The molecule has 0 amide bonds. The maximum absolute atomic E-state index is 14.3. The van der Waals surface area contributed by atoms with E-state index >= 15 is 0 Å². The number of carbonyl (C=O) groups is 1. The third-order valence-corrected chi connectivity index (χ3v) is 5.31. The molecule has 4 rings (SSSR count). The van der Waals surface area contributed by atoms with Crippen LogP contribution in [0.3, 0.4) is 0 Å². The number of aliphatic carboxylic acids is 1. The summed E-state index contributed by atoms with van der Waals surface area (Å²) in [5, 5.41) is 9.42. The third kappa shape index (κ3) is 3.59. The maximum Gasteiger partial charge on any atom is 0.324 e. The van der Waals surface area contributed by atoms with Crippen LogP contribution in [-0.2, 0) is 17.6 Å². The first-order valence-electron chi connectivity index (χ1n) is 9.23. The Morgan fingerprint density at radius 3 is 2.55 bits per heavy atom. The molecule has 0 spiro atoms. The normalized spacial score (nSPS) is 18.2.